The molecule has 0 aliphatic rings. The third-order valence-electron chi connectivity index (χ3n) is 5.32. The SMILES string of the molecule is COc1ccc(-c2cc(NC(=O)C(=O)Nc3ccc4nc(Cc5ccccc5)oc4c3)n[nH]2)cc1. The summed E-state index contributed by atoms with van der Waals surface area (Å²) >= 11 is 0. The third-order valence-corrected chi connectivity index (χ3v) is 5.32. The maximum Gasteiger partial charge on any atom is 0.315 e. The molecule has 5 rings (SSSR count). The lowest BCUT2D eigenvalue weighted by Gasteiger charge is -2.04. The van der Waals surface area contributed by atoms with E-state index in [0.29, 0.717) is 34.8 Å². The highest BCUT2D eigenvalue weighted by atomic mass is 16.5. The molecule has 0 saturated carbocycles. The van der Waals surface area contributed by atoms with E-state index in [0.717, 1.165) is 16.9 Å². The lowest BCUT2D eigenvalue weighted by Crippen LogP contribution is -2.29. The number of oxazole rings is 1. The first-order valence-electron chi connectivity index (χ1n) is 10.8. The molecule has 2 heterocycles. The van der Waals surface area contributed by atoms with Crippen LogP contribution in [0.3, 0.4) is 0 Å². The zero-order valence-corrected chi connectivity index (χ0v) is 18.7. The van der Waals surface area contributed by atoms with E-state index in [4.69, 9.17) is 9.15 Å². The van der Waals surface area contributed by atoms with Crippen molar-refractivity contribution in [2.45, 2.75) is 6.42 Å². The van der Waals surface area contributed by atoms with E-state index in [-0.39, 0.29) is 5.82 Å². The monoisotopic (exact) mass is 467 g/mol. The predicted octanol–water partition coefficient (Wildman–Crippen LogP) is 4.39. The van der Waals surface area contributed by atoms with E-state index >= 15 is 0 Å². The largest absolute Gasteiger partial charge is 0.497 e. The topological polar surface area (TPSA) is 122 Å². The smallest absolute Gasteiger partial charge is 0.315 e. The molecule has 3 aromatic carbocycles. The predicted molar refractivity (Wildman–Crippen MR) is 131 cm³/mol. The summed E-state index contributed by atoms with van der Waals surface area (Å²) < 4.78 is 11.0. The van der Waals surface area contributed by atoms with Crippen molar-refractivity contribution in [2.24, 2.45) is 0 Å². The lowest BCUT2D eigenvalue weighted by molar-refractivity contribution is -0.133. The Morgan fingerprint density at radius 2 is 1.71 bits per heavy atom. The first-order chi connectivity index (χ1) is 17.1. The van der Waals surface area contributed by atoms with Crippen molar-refractivity contribution in [2.75, 3.05) is 17.7 Å². The number of anilines is 2. The fourth-order valence-electron chi connectivity index (χ4n) is 3.56. The number of carbonyl (C=O) groups is 2. The molecule has 2 amide bonds. The highest BCUT2D eigenvalue weighted by Gasteiger charge is 2.17. The van der Waals surface area contributed by atoms with Gasteiger partial charge in [0, 0.05) is 24.2 Å². The van der Waals surface area contributed by atoms with Gasteiger partial charge in [0.2, 0.25) is 0 Å². The lowest BCUT2D eigenvalue weighted by atomic mass is 10.1. The molecule has 0 saturated heterocycles. The molecular weight excluding hydrogens is 446 g/mol. The van der Waals surface area contributed by atoms with Gasteiger partial charge in [-0.15, -0.1) is 0 Å². The number of aromatic nitrogens is 3. The van der Waals surface area contributed by atoms with Gasteiger partial charge in [-0.25, -0.2) is 4.98 Å². The first-order valence-corrected chi connectivity index (χ1v) is 10.8. The maximum absolute atomic E-state index is 12.4. The molecule has 5 aromatic rings. The second kappa shape index (κ2) is 9.52. The van der Waals surface area contributed by atoms with Crippen molar-refractivity contribution in [3.05, 3.63) is 90.3 Å². The Labute approximate surface area is 200 Å². The summed E-state index contributed by atoms with van der Waals surface area (Å²) in [6.45, 7) is 0. The fraction of sp³-hybridized carbons (Fsp3) is 0.0769. The number of ether oxygens (including phenoxy) is 1. The van der Waals surface area contributed by atoms with Gasteiger partial charge in [0.1, 0.15) is 11.3 Å². The van der Waals surface area contributed by atoms with Crippen LogP contribution in [0.5, 0.6) is 5.75 Å². The molecule has 0 radical (unpaired) electrons. The van der Waals surface area contributed by atoms with Gasteiger partial charge in [0.25, 0.3) is 0 Å². The van der Waals surface area contributed by atoms with Gasteiger partial charge in [-0.1, -0.05) is 30.3 Å². The highest BCUT2D eigenvalue weighted by molar-refractivity contribution is 6.43. The van der Waals surface area contributed by atoms with Crippen molar-refractivity contribution < 1.29 is 18.7 Å². The summed E-state index contributed by atoms with van der Waals surface area (Å²) in [6, 6.07) is 23.9. The van der Waals surface area contributed by atoms with Crippen LogP contribution < -0.4 is 15.4 Å². The molecule has 0 aliphatic carbocycles. The molecule has 0 atom stereocenters. The molecule has 174 valence electrons. The fourth-order valence-corrected chi connectivity index (χ4v) is 3.56. The van der Waals surface area contributed by atoms with Crippen LogP contribution >= 0.6 is 0 Å². The number of methoxy groups -OCH3 is 1. The van der Waals surface area contributed by atoms with Gasteiger partial charge in [-0.05, 0) is 47.5 Å². The summed E-state index contributed by atoms with van der Waals surface area (Å²) in [7, 11) is 1.59. The molecule has 9 heteroatoms. The van der Waals surface area contributed by atoms with Crippen molar-refractivity contribution in [1.29, 1.82) is 0 Å². The number of hydrogen-bond acceptors (Lipinski definition) is 6. The second-order valence-electron chi connectivity index (χ2n) is 7.76. The number of nitrogens with zero attached hydrogens (tertiary/aromatic N) is 2. The zero-order valence-electron chi connectivity index (χ0n) is 18.7. The third kappa shape index (κ3) is 5.03. The Morgan fingerprint density at radius 3 is 2.49 bits per heavy atom. The standard InChI is InChI=1S/C26H21N5O4/c1-34-19-10-7-17(8-11-19)21-15-23(31-30-21)29-26(33)25(32)27-18-9-12-20-22(14-18)35-24(28-20)13-16-5-3-2-4-6-16/h2-12,14-15H,13H2,1H3,(H,27,32)(H2,29,30,31,33). The molecule has 0 aliphatic heterocycles. The number of benzene rings is 3. The first kappa shape index (κ1) is 21.9. The average Bonchev–Trinajstić information content (AvgIpc) is 3.51. The normalized spacial score (nSPS) is 10.8. The Balaban J connectivity index is 1.22. The van der Waals surface area contributed by atoms with Crippen LogP contribution in [-0.2, 0) is 16.0 Å². The Hall–Kier alpha value is -4.92. The van der Waals surface area contributed by atoms with Crippen LogP contribution in [0.15, 0.2) is 83.3 Å². The summed E-state index contributed by atoms with van der Waals surface area (Å²) in [5.74, 6) is -0.150. The van der Waals surface area contributed by atoms with Crippen molar-refractivity contribution in [1.82, 2.24) is 15.2 Å². The number of amides is 2. The van der Waals surface area contributed by atoms with E-state index in [9.17, 15) is 9.59 Å². The van der Waals surface area contributed by atoms with Gasteiger partial charge >= 0.3 is 11.8 Å². The van der Waals surface area contributed by atoms with Crippen LogP contribution in [0, 0.1) is 0 Å². The molecule has 35 heavy (non-hydrogen) atoms. The number of carbonyl (C=O) groups excluding carboxylic acids is 2. The van der Waals surface area contributed by atoms with Gasteiger partial charge in [-0.3, -0.25) is 14.7 Å². The van der Waals surface area contributed by atoms with Crippen LogP contribution in [0.1, 0.15) is 11.5 Å². The van der Waals surface area contributed by atoms with Crippen LogP contribution in [0.2, 0.25) is 0 Å². The van der Waals surface area contributed by atoms with Gasteiger partial charge in [0.15, 0.2) is 17.3 Å². The summed E-state index contributed by atoms with van der Waals surface area (Å²) in [5, 5.41) is 12.0. The molecule has 0 spiro atoms. The minimum atomic E-state index is -0.847. The Bertz CT molecular complexity index is 1490. The van der Waals surface area contributed by atoms with Crippen molar-refractivity contribution in [3.8, 4) is 17.0 Å². The molecule has 2 aromatic heterocycles. The van der Waals surface area contributed by atoms with E-state index < -0.39 is 11.8 Å². The summed E-state index contributed by atoms with van der Waals surface area (Å²) in [6.07, 6.45) is 0.557. The quantitative estimate of drug-likeness (QED) is 0.318. The maximum atomic E-state index is 12.4. The van der Waals surface area contributed by atoms with Crippen LogP contribution in [0.4, 0.5) is 11.5 Å². The number of aromatic amines is 1. The van der Waals surface area contributed by atoms with Crippen molar-refractivity contribution in [3.63, 3.8) is 0 Å². The van der Waals surface area contributed by atoms with Crippen LogP contribution in [0.25, 0.3) is 22.4 Å². The Kier molecular flexibility index (Phi) is 5.96. The molecule has 0 bridgehead atoms. The molecule has 0 fully saturated rings. The summed E-state index contributed by atoms with van der Waals surface area (Å²) in [5.41, 5.74) is 4.23. The zero-order chi connectivity index (χ0) is 24.2. The minimum Gasteiger partial charge on any atom is -0.497 e. The van der Waals surface area contributed by atoms with Gasteiger partial charge < -0.3 is 19.8 Å². The highest BCUT2D eigenvalue weighted by Crippen LogP contribution is 2.23. The number of H-pyrrole nitrogens is 1. The number of rotatable bonds is 6. The second-order valence-corrected chi connectivity index (χ2v) is 7.76. The summed E-state index contributed by atoms with van der Waals surface area (Å²) in [4.78, 5) is 29.3. The van der Waals surface area contributed by atoms with E-state index in [1.807, 2.05) is 54.6 Å². The molecule has 9 nitrogen and oxygen atoms in total. The van der Waals surface area contributed by atoms with Gasteiger partial charge in [0.05, 0.1) is 12.8 Å². The Morgan fingerprint density at radius 1 is 0.943 bits per heavy atom. The van der Waals surface area contributed by atoms with E-state index in [1.54, 1.807) is 31.4 Å². The average molecular weight is 467 g/mol. The number of nitrogens with one attached hydrogen (secondary N) is 3. The molecular formula is C26H21N5O4. The van der Waals surface area contributed by atoms with Crippen molar-refractivity contribution >= 4 is 34.4 Å². The van der Waals surface area contributed by atoms with Crippen LogP contribution in [-0.4, -0.2) is 34.1 Å². The number of hydrogen-bond donors (Lipinski definition) is 3. The van der Waals surface area contributed by atoms with E-state index in [1.165, 1.54) is 0 Å². The number of fused-ring (bicyclic) bond motifs is 1. The molecule has 3 N–H and O–H groups in total. The van der Waals surface area contributed by atoms with E-state index in [2.05, 4.69) is 25.8 Å². The van der Waals surface area contributed by atoms with Gasteiger partial charge in [-0.2, -0.15) is 5.10 Å². The molecule has 0 unspecified atom stereocenters. The minimum absolute atomic E-state index is 0.229.